The summed E-state index contributed by atoms with van der Waals surface area (Å²) in [6, 6.07) is 14.2. The number of rotatable bonds is 10. The number of amides is 1. The topological polar surface area (TPSA) is 94.9 Å². The largest absolute Gasteiger partial charge is 0.376 e. The van der Waals surface area contributed by atoms with Crippen LogP contribution in [-0.4, -0.2) is 51.9 Å². The van der Waals surface area contributed by atoms with Crippen molar-refractivity contribution in [2.24, 2.45) is 0 Å². The van der Waals surface area contributed by atoms with E-state index in [2.05, 4.69) is 21.7 Å². The normalized spacial score (nSPS) is 15.5. The van der Waals surface area contributed by atoms with Gasteiger partial charge in [-0.05, 0) is 18.4 Å². The van der Waals surface area contributed by atoms with Crippen LogP contribution in [0.4, 0.5) is 0 Å². The van der Waals surface area contributed by atoms with Crippen molar-refractivity contribution in [2.75, 3.05) is 25.4 Å². The molecule has 3 rings (SSSR count). The lowest BCUT2D eigenvalue weighted by Gasteiger charge is -2.20. The fourth-order valence-electron chi connectivity index (χ4n) is 3.43. The number of hydrogen-bond acceptors (Lipinski definition) is 6. The highest BCUT2D eigenvalue weighted by molar-refractivity contribution is 7.99. The van der Waals surface area contributed by atoms with Crippen LogP contribution in [0.15, 0.2) is 41.7 Å². The quantitative estimate of drug-likeness (QED) is 0.543. The fourth-order valence-corrected chi connectivity index (χ4v) is 4.32. The van der Waals surface area contributed by atoms with E-state index in [0.29, 0.717) is 19.6 Å². The molecule has 0 bridgehead atoms. The number of aromatic nitrogens is 2. The zero-order valence-corrected chi connectivity index (χ0v) is 17.7. The molecule has 0 radical (unpaired) electrons. The number of benzene rings is 1. The van der Waals surface area contributed by atoms with Gasteiger partial charge in [0.25, 0.3) is 0 Å². The first-order valence-electron chi connectivity index (χ1n) is 10.1. The van der Waals surface area contributed by atoms with E-state index in [4.69, 9.17) is 15.3 Å². The number of nitrogens with zero attached hydrogens (tertiary/aromatic N) is 5. The molecule has 1 aliphatic heterocycles. The molecule has 2 heterocycles. The number of thioether (sulfide) groups is 1. The van der Waals surface area contributed by atoms with Gasteiger partial charge in [0.1, 0.15) is 0 Å². The molecule has 0 aliphatic carbocycles. The van der Waals surface area contributed by atoms with Crippen LogP contribution < -0.4 is 0 Å². The molecule has 1 aliphatic rings. The molecule has 7 nitrogen and oxygen atoms in total. The van der Waals surface area contributed by atoms with Crippen LogP contribution in [0.1, 0.15) is 25.7 Å². The monoisotopic (exact) mass is 423 g/mol. The summed E-state index contributed by atoms with van der Waals surface area (Å²) < 4.78 is 7.97. The number of carbonyl (C=O) groups excluding carboxylic acids is 1. The van der Waals surface area contributed by atoms with E-state index in [1.54, 1.807) is 4.90 Å². The van der Waals surface area contributed by atoms with Crippen molar-refractivity contribution >= 4 is 17.7 Å². The Labute approximate surface area is 181 Å². The number of nitriles is 2. The Balaban J connectivity index is 1.74. The second-order valence-corrected chi connectivity index (χ2v) is 7.97. The van der Waals surface area contributed by atoms with Crippen LogP contribution >= 0.6 is 11.8 Å². The van der Waals surface area contributed by atoms with Gasteiger partial charge < -0.3 is 14.2 Å². The second-order valence-electron chi connectivity index (χ2n) is 7.02. The van der Waals surface area contributed by atoms with Crippen LogP contribution in [0, 0.1) is 22.7 Å². The summed E-state index contributed by atoms with van der Waals surface area (Å²) in [6.07, 6.45) is 4.60. The first-order valence-corrected chi connectivity index (χ1v) is 11.1. The fraction of sp³-hybridized carbons (Fsp3) is 0.455. The van der Waals surface area contributed by atoms with Gasteiger partial charge in [-0.25, -0.2) is 4.98 Å². The molecule has 1 aromatic heterocycles. The Kier molecular flexibility index (Phi) is 8.31. The lowest BCUT2D eigenvalue weighted by atomic mass is 10.1. The molecule has 156 valence electrons. The molecule has 0 N–H and O–H groups in total. The molecule has 1 unspecified atom stereocenters. The summed E-state index contributed by atoms with van der Waals surface area (Å²) >= 11 is 1.39. The van der Waals surface area contributed by atoms with E-state index in [1.165, 1.54) is 11.8 Å². The Morgan fingerprint density at radius 1 is 1.23 bits per heavy atom. The molecule has 1 aromatic carbocycles. The number of carbonyl (C=O) groups is 1. The zero-order chi connectivity index (χ0) is 21.2. The highest BCUT2D eigenvalue weighted by atomic mass is 32.2. The minimum atomic E-state index is -0.0848. The number of hydrogen-bond donors (Lipinski definition) is 0. The van der Waals surface area contributed by atoms with Gasteiger partial charge in [0, 0.05) is 19.7 Å². The van der Waals surface area contributed by atoms with E-state index < -0.39 is 0 Å². The van der Waals surface area contributed by atoms with Crippen molar-refractivity contribution in [2.45, 2.75) is 43.5 Å². The third-order valence-electron chi connectivity index (χ3n) is 4.96. The van der Waals surface area contributed by atoms with Crippen LogP contribution in [0.25, 0.3) is 11.3 Å². The maximum atomic E-state index is 12.7. The Morgan fingerprint density at radius 3 is 2.60 bits per heavy atom. The molecule has 0 saturated carbocycles. The van der Waals surface area contributed by atoms with Gasteiger partial charge in [-0.2, -0.15) is 10.5 Å². The summed E-state index contributed by atoms with van der Waals surface area (Å²) in [7, 11) is 0. The van der Waals surface area contributed by atoms with Crippen molar-refractivity contribution in [1.82, 2.24) is 14.5 Å². The van der Waals surface area contributed by atoms with E-state index >= 15 is 0 Å². The molecule has 2 aromatic rings. The highest BCUT2D eigenvalue weighted by Crippen LogP contribution is 2.28. The standard InChI is InChI=1S/C22H25N5O2S/c23-10-5-12-26(13-6-11-24)21(28)17-30-22-25-15-20(18-7-2-1-3-8-18)27(22)16-19-9-4-14-29-19/h1-3,7-8,15,19H,4-6,9,12-14,16-17H2. The minimum Gasteiger partial charge on any atom is -0.376 e. The number of imidazole rings is 1. The van der Waals surface area contributed by atoms with Crippen LogP contribution in [-0.2, 0) is 16.1 Å². The zero-order valence-electron chi connectivity index (χ0n) is 16.9. The first kappa shape index (κ1) is 21.9. The van der Waals surface area contributed by atoms with Crippen molar-refractivity contribution in [3.05, 3.63) is 36.5 Å². The smallest absolute Gasteiger partial charge is 0.233 e. The Morgan fingerprint density at radius 2 is 1.97 bits per heavy atom. The van der Waals surface area contributed by atoms with Gasteiger partial charge in [0.15, 0.2) is 5.16 Å². The van der Waals surface area contributed by atoms with Crippen LogP contribution in [0.2, 0.25) is 0 Å². The lowest BCUT2D eigenvalue weighted by molar-refractivity contribution is -0.128. The van der Waals surface area contributed by atoms with E-state index in [-0.39, 0.29) is 30.6 Å². The highest BCUT2D eigenvalue weighted by Gasteiger charge is 2.22. The van der Waals surface area contributed by atoms with Crippen molar-refractivity contribution in [3.63, 3.8) is 0 Å². The molecule has 1 fully saturated rings. The van der Waals surface area contributed by atoms with Gasteiger partial charge >= 0.3 is 0 Å². The van der Waals surface area contributed by atoms with Gasteiger partial charge in [0.05, 0.1) is 55.3 Å². The molecule has 1 atom stereocenters. The average molecular weight is 424 g/mol. The molecule has 0 spiro atoms. The minimum absolute atomic E-state index is 0.0848. The maximum Gasteiger partial charge on any atom is 0.233 e. The molecule has 1 amide bonds. The van der Waals surface area contributed by atoms with E-state index in [0.717, 1.165) is 35.9 Å². The molecule has 1 saturated heterocycles. The SMILES string of the molecule is N#CCCN(CCC#N)C(=O)CSc1ncc(-c2ccccc2)n1CC1CCCO1. The summed E-state index contributed by atoms with van der Waals surface area (Å²) in [5, 5.41) is 18.4. The third kappa shape index (κ3) is 5.85. The predicted octanol–water partition coefficient (Wildman–Crippen LogP) is 3.48. The van der Waals surface area contributed by atoms with Crippen molar-refractivity contribution < 1.29 is 9.53 Å². The summed E-state index contributed by atoms with van der Waals surface area (Å²) in [4.78, 5) is 18.9. The average Bonchev–Trinajstić information content (AvgIpc) is 3.43. The summed E-state index contributed by atoms with van der Waals surface area (Å²) in [5.41, 5.74) is 2.08. The van der Waals surface area contributed by atoms with E-state index in [1.807, 2.05) is 36.5 Å². The van der Waals surface area contributed by atoms with Gasteiger partial charge in [-0.15, -0.1) is 0 Å². The Bertz CT molecular complexity index is 892. The van der Waals surface area contributed by atoms with Crippen LogP contribution in [0.5, 0.6) is 0 Å². The van der Waals surface area contributed by atoms with Crippen LogP contribution in [0.3, 0.4) is 0 Å². The lowest BCUT2D eigenvalue weighted by Crippen LogP contribution is -2.34. The molecule has 8 heteroatoms. The van der Waals surface area contributed by atoms with Gasteiger partial charge in [-0.1, -0.05) is 42.1 Å². The van der Waals surface area contributed by atoms with E-state index in [9.17, 15) is 4.79 Å². The number of ether oxygens (including phenoxy) is 1. The third-order valence-corrected chi connectivity index (χ3v) is 5.94. The van der Waals surface area contributed by atoms with Gasteiger partial charge in [-0.3, -0.25) is 4.79 Å². The molecule has 30 heavy (non-hydrogen) atoms. The Hall–Kier alpha value is -2.81. The summed E-state index contributed by atoms with van der Waals surface area (Å²) in [6.45, 7) is 2.18. The predicted molar refractivity (Wildman–Crippen MR) is 114 cm³/mol. The van der Waals surface area contributed by atoms with Crippen molar-refractivity contribution in [3.8, 4) is 23.4 Å². The molecular weight excluding hydrogens is 398 g/mol. The molecular formula is C22H25N5O2S. The van der Waals surface area contributed by atoms with Gasteiger partial charge in [0.2, 0.25) is 5.91 Å². The van der Waals surface area contributed by atoms with Crippen molar-refractivity contribution in [1.29, 1.82) is 10.5 Å². The summed E-state index contributed by atoms with van der Waals surface area (Å²) in [5.74, 6) is 0.131. The maximum absolute atomic E-state index is 12.7. The first-order chi connectivity index (χ1) is 14.7. The second kappa shape index (κ2) is 11.4.